The number of nitrogens with one attached hydrogen (secondary N) is 1. The van der Waals surface area contributed by atoms with Crippen LogP contribution in [0, 0.1) is 5.92 Å². The molecule has 1 atom stereocenters. The van der Waals surface area contributed by atoms with Gasteiger partial charge in [0.1, 0.15) is 24.0 Å². The molecule has 0 saturated carbocycles. The smallest absolute Gasteiger partial charge is 0.129 e. The average Bonchev–Trinajstić information content (AvgIpc) is 3.06. The molecular formula is C14H19N3O2. The monoisotopic (exact) mass is 261 g/mol. The van der Waals surface area contributed by atoms with Crippen LogP contribution in [0.2, 0.25) is 0 Å². The van der Waals surface area contributed by atoms with E-state index in [1.165, 1.54) is 12.2 Å². The molecule has 0 saturated heterocycles. The van der Waals surface area contributed by atoms with E-state index >= 15 is 0 Å². The van der Waals surface area contributed by atoms with Crippen LogP contribution in [0.3, 0.4) is 0 Å². The van der Waals surface area contributed by atoms with E-state index in [0.29, 0.717) is 18.2 Å². The predicted molar refractivity (Wildman–Crippen MR) is 70.4 cm³/mol. The molecule has 3 heterocycles. The SMILES string of the molecule is OCc1ccc(CNC[C@@H]2CCc3nccn3C2)o1. The Hall–Kier alpha value is -1.59. The first-order valence-electron chi connectivity index (χ1n) is 6.74. The topological polar surface area (TPSA) is 63.2 Å². The van der Waals surface area contributed by atoms with E-state index in [-0.39, 0.29) is 6.61 Å². The Labute approximate surface area is 112 Å². The number of imidazole rings is 1. The number of aliphatic hydroxyl groups is 1. The minimum absolute atomic E-state index is 0.0357. The zero-order chi connectivity index (χ0) is 13.1. The summed E-state index contributed by atoms with van der Waals surface area (Å²) in [7, 11) is 0. The summed E-state index contributed by atoms with van der Waals surface area (Å²) in [6, 6.07) is 3.72. The molecule has 0 fully saturated rings. The summed E-state index contributed by atoms with van der Waals surface area (Å²) in [5.74, 6) is 3.35. The number of aryl methyl sites for hydroxylation is 1. The Kier molecular flexibility index (Phi) is 3.66. The lowest BCUT2D eigenvalue weighted by molar-refractivity contribution is 0.242. The molecule has 0 aromatic carbocycles. The highest BCUT2D eigenvalue weighted by Crippen LogP contribution is 2.18. The average molecular weight is 261 g/mol. The second-order valence-electron chi connectivity index (χ2n) is 5.06. The summed E-state index contributed by atoms with van der Waals surface area (Å²) in [6.45, 7) is 2.70. The summed E-state index contributed by atoms with van der Waals surface area (Å²) in [5, 5.41) is 12.4. The van der Waals surface area contributed by atoms with Crippen molar-refractivity contribution in [2.75, 3.05) is 6.54 Å². The Bertz CT molecular complexity index is 532. The number of hydrogen-bond donors (Lipinski definition) is 2. The van der Waals surface area contributed by atoms with Crippen molar-refractivity contribution in [3.63, 3.8) is 0 Å². The number of aliphatic hydroxyl groups excluding tert-OH is 1. The standard InChI is InChI=1S/C14H19N3O2/c18-10-13-3-2-12(19-13)8-15-7-11-1-4-14-16-5-6-17(14)9-11/h2-3,5-6,11,15,18H,1,4,7-10H2/t11-/m0/s1. The second kappa shape index (κ2) is 5.59. The largest absolute Gasteiger partial charge is 0.462 e. The molecular weight excluding hydrogens is 242 g/mol. The van der Waals surface area contributed by atoms with E-state index in [0.717, 1.165) is 25.3 Å². The van der Waals surface area contributed by atoms with Gasteiger partial charge in [-0.1, -0.05) is 0 Å². The number of hydrogen-bond acceptors (Lipinski definition) is 4. The van der Waals surface area contributed by atoms with Gasteiger partial charge in [-0.25, -0.2) is 4.98 Å². The van der Waals surface area contributed by atoms with Crippen molar-refractivity contribution >= 4 is 0 Å². The van der Waals surface area contributed by atoms with E-state index in [2.05, 4.69) is 21.1 Å². The minimum atomic E-state index is -0.0357. The Morgan fingerprint density at radius 3 is 3.16 bits per heavy atom. The lowest BCUT2D eigenvalue weighted by Gasteiger charge is -2.23. The molecule has 2 N–H and O–H groups in total. The first-order valence-corrected chi connectivity index (χ1v) is 6.74. The zero-order valence-corrected chi connectivity index (χ0v) is 10.9. The lowest BCUT2D eigenvalue weighted by Crippen LogP contribution is -2.29. The van der Waals surface area contributed by atoms with Crippen LogP contribution in [0.4, 0.5) is 0 Å². The first kappa shape index (κ1) is 12.4. The highest BCUT2D eigenvalue weighted by atomic mass is 16.4. The van der Waals surface area contributed by atoms with Gasteiger partial charge in [-0.3, -0.25) is 0 Å². The highest BCUT2D eigenvalue weighted by Gasteiger charge is 2.18. The van der Waals surface area contributed by atoms with Crippen LogP contribution in [0.1, 0.15) is 23.8 Å². The van der Waals surface area contributed by atoms with Gasteiger partial charge in [-0.15, -0.1) is 0 Å². The summed E-state index contributed by atoms with van der Waals surface area (Å²) < 4.78 is 7.68. The van der Waals surface area contributed by atoms with E-state index in [9.17, 15) is 0 Å². The molecule has 5 nitrogen and oxygen atoms in total. The van der Waals surface area contributed by atoms with Crippen LogP contribution < -0.4 is 5.32 Å². The van der Waals surface area contributed by atoms with E-state index in [1.807, 2.05) is 18.3 Å². The highest BCUT2D eigenvalue weighted by molar-refractivity contribution is 5.06. The third kappa shape index (κ3) is 2.88. The Balaban J connectivity index is 1.46. The third-order valence-corrected chi connectivity index (χ3v) is 3.64. The van der Waals surface area contributed by atoms with Crippen molar-refractivity contribution < 1.29 is 9.52 Å². The summed E-state index contributed by atoms with van der Waals surface area (Å²) in [6.07, 6.45) is 6.19. The third-order valence-electron chi connectivity index (χ3n) is 3.64. The fraction of sp³-hybridized carbons (Fsp3) is 0.500. The molecule has 0 spiro atoms. The molecule has 2 aromatic heterocycles. The quantitative estimate of drug-likeness (QED) is 0.852. The number of furan rings is 1. The summed E-state index contributed by atoms with van der Waals surface area (Å²) >= 11 is 0. The molecule has 1 aliphatic heterocycles. The molecule has 3 rings (SSSR count). The van der Waals surface area contributed by atoms with Gasteiger partial charge in [0.05, 0.1) is 6.54 Å². The maximum absolute atomic E-state index is 8.93. The Morgan fingerprint density at radius 2 is 2.32 bits per heavy atom. The lowest BCUT2D eigenvalue weighted by atomic mass is 9.99. The molecule has 0 aliphatic carbocycles. The van der Waals surface area contributed by atoms with Crippen molar-refractivity contribution in [1.82, 2.24) is 14.9 Å². The molecule has 0 bridgehead atoms. The van der Waals surface area contributed by atoms with Gasteiger partial charge in [0.25, 0.3) is 0 Å². The van der Waals surface area contributed by atoms with Crippen molar-refractivity contribution in [1.29, 1.82) is 0 Å². The minimum Gasteiger partial charge on any atom is -0.462 e. The van der Waals surface area contributed by atoms with Gasteiger partial charge in [0, 0.05) is 31.9 Å². The summed E-state index contributed by atoms with van der Waals surface area (Å²) in [4.78, 5) is 4.34. The fourth-order valence-electron chi connectivity index (χ4n) is 2.61. The number of fused-ring (bicyclic) bond motifs is 1. The molecule has 1 aliphatic rings. The van der Waals surface area contributed by atoms with Crippen LogP contribution in [-0.4, -0.2) is 21.2 Å². The van der Waals surface area contributed by atoms with Crippen LogP contribution in [-0.2, 0) is 26.1 Å². The van der Waals surface area contributed by atoms with Gasteiger partial charge in [-0.05, 0) is 24.5 Å². The molecule has 0 radical (unpaired) electrons. The first-order chi connectivity index (χ1) is 9.35. The van der Waals surface area contributed by atoms with E-state index in [1.54, 1.807) is 0 Å². The molecule has 19 heavy (non-hydrogen) atoms. The second-order valence-corrected chi connectivity index (χ2v) is 5.06. The molecule has 102 valence electrons. The molecule has 2 aromatic rings. The number of nitrogens with zero attached hydrogens (tertiary/aromatic N) is 2. The van der Waals surface area contributed by atoms with E-state index in [4.69, 9.17) is 9.52 Å². The maximum Gasteiger partial charge on any atom is 0.129 e. The predicted octanol–water partition coefficient (Wildman–Crippen LogP) is 1.32. The number of aromatic nitrogens is 2. The van der Waals surface area contributed by atoms with Crippen LogP contribution >= 0.6 is 0 Å². The van der Waals surface area contributed by atoms with Crippen LogP contribution in [0.15, 0.2) is 28.9 Å². The van der Waals surface area contributed by atoms with Gasteiger partial charge in [0.2, 0.25) is 0 Å². The molecule has 0 unspecified atom stereocenters. The van der Waals surface area contributed by atoms with Crippen molar-refractivity contribution in [3.8, 4) is 0 Å². The van der Waals surface area contributed by atoms with Crippen molar-refractivity contribution in [3.05, 3.63) is 41.9 Å². The summed E-state index contributed by atoms with van der Waals surface area (Å²) in [5.41, 5.74) is 0. The Morgan fingerprint density at radius 1 is 1.42 bits per heavy atom. The molecule has 0 amide bonds. The van der Waals surface area contributed by atoms with Gasteiger partial charge in [-0.2, -0.15) is 0 Å². The van der Waals surface area contributed by atoms with Gasteiger partial charge >= 0.3 is 0 Å². The van der Waals surface area contributed by atoms with Crippen molar-refractivity contribution in [2.45, 2.75) is 32.5 Å². The zero-order valence-electron chi connectivity index (χ0n) is 10.9. The molecule has 5 heteroatoms. The van der Waals surface area contributed by atoms with Gasteiger partial charge < -0.3 is 19.4 Å². The van der Waals surface area contributed by atoms with Crippen LogP contribution in [0.5, 0.6) is 0 Å². The normalized spacial score (nSPS) is 18.5. The van der Waals surface area contributed by atoms with Crippen LogP contribution in [0.25, 0.3) is 0 Å². The maximum atomic E-state index is 8.93. The van der Waals surface area contributed by atoms with Crippen molar-refractivity contribution in [2.24, 2.45) is 5.92 Å². The van der Waals surface area contributed by atoms with E-state index < -0.39 is 0 Å². The fourth-order valence-corrected chi connectivity index (χ4v) is 2.61. The number of rotatable bonds is 5. The van der Waals surface area contributed by atoms with Gasteiger partial charge in [0.15, 0.2) is 0 Å².